The molecular weight excluding hydrogens is 331 g/mol. The molecule has 0 unspecified atom stereocenters. The van der Waals surface area contributed by atoms with Gasteiger partial charge < -0.3 is 5.11 Å². The number of nitrogens with one attached hydrogen (secondary N) is 1. The zero-order valence-electron chi connectivity index (χ0n) is 11.0. The molecule has 2 aromatic carbocycles. The van der Waals surface area contributed by atoms with E-state index in [0.29, 0.717) is 0 Å². The summed E-state index contributed by atoms with van der Waals surface area (Å²) in [4.78, 5) is -0.291. The van der Waals surface area contributed by atoms with Crippen LogP contribution in [0.25, 0.3) is 0 Å². The van der Waals surface area contributed by atoms with E-state index in [9.17, 15) is 12.8 Å². The van der Waals surface area contributed by atoms with Crippen LogP contribution < -0.4 is 4.72 Å². The van der Waals surface area contributed by atoms with Gasteiger partial charge in [-0.25, -0.2) is 12.8 Å². The highest BCUT2D eigenvalue weighted by Gasteiger charge is 2.21. The van der Waals surface area contributed by atoms with Gasteiger partial charge in [-0.3, -0.25) is 4.72 Å². The first-order chi connectivity index (χ1) is 10.4. The molecule has 0 amide bonds. The molecule has 8 heteroatoms. The summed E-state index contributed by atoms with van der Waals surface area (Å²) in [5.74, 6) is -0.820. The Kier molecular flexibility index (Phi) is 4.66. The van der Waals surface area contributed by atoms with Gasteiger partial charge >= 0.3 is 0 Å². The smallest absolute Gasteiger partial charge is 0.263 e. The Balaban J connectivity index is 2.48. The van der Waals surface area contributed by atoms with Crippen LogP contribution in [0.5, 0.6) is 0 Å². The van der Waals surface area contributed by atoms with Gasteiger partial charge in [-0.15, -0.1) is 0 Å². The summed E-state index contributed by atoms with van der Waals surface area (Å²) in [6.45, 7) is -0.531. The van der Waals surface area contributed by atoms with Crippen molar-refractivity contribution in [1.82, 2.24) is 0 Å². The van der Waals surface area contributed by atoms with Crippen LogP contribution in [0.2, 0.25) is 5.02 Å². The molecular formula is C14H10ClFN2O3S. The zero-order valence-corrected chi connectivity index (χ0v) is 12.6. The van der Waals surface area contributed by atoms with Crippen molar-refractivity contribution in [3.63, 3.8) is 0 Å². The first-order valence-electron chi connectivity index (χ1n) is 5.99. The first-order valence-corrected chi connectivity index (χ1v) is 7.86. The minimum absolute atomic E-state index is 0.0911. The third-order valence-corrected chi connectivity index (χ3v) is 4.69. The Bertz CT molecular complexity index is 863. The number of benzene rings is 2. The van der Waals surface area contributed by atoms with Crippen molar-refractivity contribution in [1.29, 1.82) is 5.26 Å². The molecule has 0 aliphatic carbocycles. The standard InChI is InChI=1S/C14H10ClFN2O3S/c15-11-6-9(7-17)4-5-13(11)22(20,21)18-14-10(8-19)2-1-3-12(14)16/h1-6,18-19H,8H2. The van der Waals surface area contributed by atoms with Gasteiger partial charge in [-0.2, -0.15) is 5.26 Å². The summed E-state index contributed by atoms with van der Waals surface area (Å²) < 4.78 is 40.5. The lowest BCUT2D eigenvalue weighted by Crippen LogP contribution is -2.16. The predicted octanol–water partition coefficient (Wildman–Crippen LogP) is 2.64. The minimum Gasteiger partial charge on any atom is -0.392 e. The van der Waals surface area contributed by atoms with E-state index in [1.807, 2.05) is 6.07 Å². The molecule has 0 saturated heterocycles. The highest BCUT2D eigenvalue weighted by molar-refractivity contribution is 7.92. The van der Waals surface area contributed by atoms with Crippen molar-refractivity contribution >= 4 is 27.3 Å². The van der Waals surface area contributed by atoms with Gasteiger partial charge in [0.25, 0.3) is 10.0 Å². The first kappa shape index (κ1) is 16.2. The van der Waals surface area contributed by atoms with Gasteiger partial charge in [-0.1, -0.05) is 23.7 Å². The summed E-state index contributed by atoms with van der Waals surface area (Å²) in [5, 5.41) is 17.8. The maximum Gasteiger partial charge on any atom is 0.263 e. The second kappa shape index (κ2) is 6.32. The number of aliphatic hydroxyl groups excluding tert-OH is 1. The van der Waals surface area contributed by atoms with Crippen molar-refractivity contribution < 1.29 is 17.9 Å². The molecule has 0 saturated carbocycles. The van der Waals surface area contributed by atoms with Crippen molar-refractivity contribution in [2.75, 3.05) is 4.72 Å². The number of anilines is 1. The van der Waals surface area contributed by atoms with Crippen molar-refractivity contribution in [3.05, 3.63) is 58.4 Å². The summed E-state index contributed by atoms with van der Waals surface area (Å²) in [7, 11) is -4.17. The number of nitriles is 1. The van der Waals surface area contributed by atoms with Gasteiger partial charge in [0.05, 0.1) is 28.9 Å². The maximum atomic E-state index is 13.8. The number of nitrogens with zero attached hydrogens (tertiary/aromatic N) is 1. The third kappa shape index (κ3) is 3.20. The van der Waals surface area contributed by atoms with E-state index < -0.39 is 22.4 Å². The highest BCUT2D eigenvalue weighted by Crippen LogP contribution is 2.27. The molecule has 0 atom stereocenters. The lowest BCUT2D eigenvalue weighted by Gasteiger charge is -2.13. The van der Waals surface area contributed by atoms with Crippen molar-refractivity contribution in [3.8, 4) is 6.07 Å². The molecule has 0 fully saturated rings. The van der Waals surface area contributed by atoms with Crippen LogP contribution >= 0.6 is 11.6 Å². The molecule has 0 spiro atoms. The lowest BCUT2D eigenvalue weighted by molar-refractivity contribution is 0.282. The summed E-state index contributed by atoms with van der Waals surface area (Å²) >= 11 is 5.86. The molecule has 22 heavy (non-hydrogen) atoms. The number of rotatable bonds is 4. The van der Waals surface area contributed by atoms with E-state index in [-0.39, 0.29) is 26.7 Å². The van der Waals surface area contributed by atoms with Crippen LogP contribution in [-0.2, 0) is 16.6 Å². The van der Waals surface area contributed by atoms with E-state index in [1.165, 1.54) is 24.3 Å². The Labute approximate surface area is 131 Å². The summed E-state index contributed by atoms with van der Waals surface area (Å²) in [5.41, 5.74) is -0.0512. The largest absolute Gasteiger partial charge is 0.392 e. The van der Waals surface area contributed by atoms with Gasteiger partial charge in [-0.05, 0) is 24.3 Å². The fourth-order valence-electron chi connectivity index (χ4n) is 1.79. The van der Waals surface area contributed by atoms with Gasteiger partial charge in [0.2, 0.25) is 0 Å². The Morgan fingerprint density at radius 3 is 2.64 bits per heavy atom. The average molecular weight is 341 g/mol. The van der Waals surface area contributed by atoms with Crippen LogP contribution in [0, 0.1) is 17.1 Å². The lowest BCUT2D eigenvalue weighted by atomic mass is 10.2. The van der Waals surface area contributed by atoms with Crippen LogP contribution in [0.15, 0.2) is 41.3 Å². The van der Waals surface area contributed by atoms with Gasteiger partial charge in [0, 0.05) is 5.56 Å². The summed E-state index contributed by atoms with van der Waals surface area (Å²) in [6, 6.07) is 9.28. The Morgan fingerprint density at radius 2 is 2.05 bits per heavy atom. The molecule has 2 aromatic rings. The Morgan fingerprint density at radius 1 is 1.32 bits per heavy atom. The molecule has 5 nitrogen and oxygen atoms in total. The average Bonchev–Trinajstić information content (AvgIpc) is 2.48. The normalized spacial score (nSPS) is 11.0. The molecule has 0 aromatic heterocycles. The van der Waals surface area contributed by atoms with E-state index in [1.54, 1.807) is 0 Å². The van der Waals surface area contributed by atoms with E-state index in [2.05, 4.69) is 4.72 Å². The second-order valence-electron chi connectivity index (χ2n) is 4.29. The van der Waals surface area contributed by atoms with Crippen LogP contribution in [0.3, 0.4) is 0 Å². The molecule has 0 radical (unpaired) electrons. The molecule has 114 valence electrons. The number of hydrogen-bond donors (Lipinski definition) is 2. The maximum absolute atomic E-state index is 13.8. The monoisotopic (exact) mass is 340 g/mol. The van der Waals surface area contributed by atoms with Crippen molar-refractivity contribution in [2.24, 2.45) is 0 Å². The minimum atomic E-state index is -4.17. The predicted molar refractivity (Wildman–Crippen MR) is 79.3 cm³/mol. The molecule has 0 aliphatic heterocycles. The van der Waals surface area contributed by atoms with Crippen LogP contribution in [0.4, 0.5) is 10.1 Å². The third-order valence-electron chi connectivity index (χ3n) is 2.86. The van der Waals surface area contributed by atoms with Crippen molar-refractivity contribution in [2.45, 2.75) is 11.5 Å². The van der Waals surface area contributed by atoms with Gasteiger partial charge in [0.1, 0.15) is 10.7 Å². The van der Waals surface area contributed by atoms with Crippen LogP contribution in [-0.4, -0.2) is 13.5 Å². The number of halogens is 2. The fraction of sp³-hybridized carbons (Fsp3) is 0.0714. The number of sulfonamides is 1. The van der Waals surface area contributed by atoms with Gasteiger partial charge in [0.15, 0.2) is 0 Å². The molecule has 0 bridgehead atoms. The fourth-order valence-corrected chi connectivity index (χ4v) is 3.45. The SMILES string of the molecule is N#Cc1ccc(S(=O)(=O)Nc2c(F)cccc2CO)c(Cl)c1. The van der Waals surface area contributed by atoms with Crippen LogP contribution in [0.1, 0.15) is 11.1 Å². The van der Waals surface area contributed by atoms with E-state index in [0.717, 1.165) is 12.1 Å². The molecule has 0 heterocycles. The topological polar surface area (TPSA) is 90.2 Å². The Hall–Kier alpha value is -2.14. The summed E-state index contributed by atoms with van der Waals surface area (Å²) in [6.07, 6.45) is 0. The second-order valence-corrected chi connectivity index (χ2v) is 6.35. The molecule has 0 aliphatic rings. The molecule has 2 N–H and O–H groups in total. The number of hydrogen-bond acceptors (Lipinski definition) is 4. The number of para-hydroxylation sites is 1. The highest BCUT2D eigenvalue weighted by atomic mass is 35.5. The molecule has 2 rings (SSSR count). The van der Waals surface area contributed by atoms with E-state index in [4.69, 9.17) is 22.0 Å². The number of aliphatic hydroxyl groups is 1. The zero-order chi connectivity index (χ0) is 16.3. The quantitative estimate of drug-likeness (QED) is 0.895. The van der Waals surface area contributed by atoms with E-state index >= 15 is 0 Å².